The minimum Gasteiger partial charge on any atom is -0.334 e. The predicted octanol–water partition coefficient (Wildman–Crippen LogP) is 2.32. The molecule has 0 fully saturated rings. The maximum Gasteiger partial charge on any atom is 0.131 e. The number of nitrogens with two attached hydrogens (primary N) is 1. The number of hydrogen-bond donors (Lipinski definition) is 1. The van der Waals surface area contributed by atoms with E-state index in [-0.39, 0.29) is 6.04 Å². The highest BCUT2D eigenvalue weighted by Gasteiger charge is 2.15. The predicted molar refractivity (Wildman–Crippen MR) is 63.0 cm³/mol. The summed E-state index contributed by atoms with van der Waals surface area (Å²) in [5, 5.41) is 0. The normalized spacial score (nSPS) is 13.0. The van der Waals surface area contributed by atoms with Gasteiger partial charge in [0.25, 0.3) is 0 Å². The maximum absolute atomic E-state index is 6.18. The first-order valence-corrected chi connectivity index (χ1v) is 5.87. The zero-order chi connectivity index (χ0) is 10.8. The maximum atomic E-state index is 6.18. The zero-order valence-corrected chi connectivity index (χ0v) is 9.79. The summed E-state index contributed by atoms with van der Waals surface area (Å²) in [5.74, 6) is 0.944. The minimum absolute atomic E-state index is 0.0985. The third kappa shape index (κ3) is 1.96. The van der Waals surface area contributed by atoms with Crippen LogP contribution in [0, 0.1) is 6.92 Å². The third-order valence-corrected chi connectivity index (χ3v) is 3.52. The molecule has 0 saturated heterocycles. The van der Waals surface area contributed by atoms with Crippen LogP contribution in [-0.2, 0) is 6.54 Å². The fraction of sp³-hybridized carbons (Fsp3) is 0.364. The number of rotatable bonds is 3. The fourth-order valence-electron chi connectivity index (χ4n) is 1.61. The number of imidazole rings is 1. The van der Waals surface area contributed by atoms with Gasteiger partial charge in [0.1, 0.15) is 5.82 Å². The summed E-state index contributed by atoms with van der Waals surface area (Å²) < 4.78 is 2.08. The topological polar surface area (TPSA) is 43.8 Å². The molecule has 0 saturated carbocycles. The van der Waals surface area contributed by atoms with Crippen LogP contribution in [0.5, 0.6) is 0 Å². The first-order valence-electron chi connectivity index (χ1n) is 5.05. The van der Waals surface area contributed by atoms with Gasteiger partial charge in [-0.3, -0.25) is 0 Å². The average Bonchev–Trinajstić information content (AvgIpc) is 2.84. The molecule has 0 radical (unpaired) electrons. The summed E-state index contributed by atoms with van der Waals surface area (Å²) in [6.45, 7) is 5.10. The van der Waals surface area contributed by atoms with Gasteiger partial charge in [-0.15, -0.1) is 11.3 Å². The van der Waals surface area contributed by atoms with E-state index in [1.54, 1.807) is 17.5 Å². The Hall–Kier alpha value is -1.13. The van der Waals surface area contributed by atoms with E-state index in [0.717, 1.165) is 12.4 Å². The highest BCUT2D eigenvalue weighted by Crippen LogP contribution is 2.25. The van der Waals surface area contributed by atoms with E-state index < -0.39 is 0 Å². The van der Waals surface area contributed by atoms with Gasteiger partial charge in [0.05, 0.1) is 6.04 Å². The molecule has 2 N–H and O–H groups in total. The monoisotopic (exact) mass is 221 g/mol. The summed E-state index contributed by atoms with van der Waals surface area (Å²) >= 11 is 1.73. The van der Waals surface area contributed by atoms with Crippen LogP contribution < -0.4 is 5.73 Å². The fourth-order valence-corrected chi connectivity index (χ4v) is 2.49. The molecule has 0 amide bonds. The van der Waals surface area contributed by atoms with Gasteiger partial charge < -0.3 is 10.3 Å². The van der Waals surface area contributed by atoms with Gasteiger partial charge >= 0.3 is 0 Å². The molecular formula is C11H15N3S. The Kier molecular flexibility index (Phi) is 2.88. The van der Waals surface area contributed by atoms with Crippen molar-refractivity contribution < 1.29 is 0 Å². The lowest BCUT2D eigenvalue weighted by Gasteiger charge is -2.10. The van der Waals surface area contributed by atoms with Crippen molar-refractivity contribution in [2.45, 2.75) is 26.4 Å². The average molecular weight is 221 g/mol. The highest BCUT2D eigenvalue weighted by molar-refractivity contribution is 7.12. The van der Waals surface area contributed by atoms with Crippen LogP contribution in [0.4, 0.5) is 0 Å². The molecule has 1 atom stereocenters. The van der Waals surface area contributed by atoms with Crippen molar-refractivity contribution in [3.63, 3.8) is 0 Å². The zero-order valence-electron chi connectivity index (χ0n) is 8.97. The van der Waals surface area contributed by atoms with Crippen molar-refractivity contribution in [3.05, 3.63) is 40.1 Å². The molecule has 2 heterocycles. The smallest absolute Gasteiger partial charge is 0.131 e. The molecule has 0 spiro atoms. The molecule has 2 aromatic heterocycles. The molecular weight excluding hydrogens is 206 g/mol. The Labute approximate surface area is 93.6 Å². The molecule has 15 heavy (non-hydrogen) atoms. The molecule has 0 aromatic carbocycles. The molecule has 4 heteroatoms. The number of thiophene rings is 1. The van der Waals surface area contributed by atoms with Crippen LogP contribution in [0.3, 0.4) is 0 Å². The summed E-state index contributed by atoms with van der Waals surface area (Å²) in [7, 11) is 0. The summed E-state index contributed by atoms with van der Waals surface area (Å²) in [6, 6.07) is 4.08. The number of nitrogens with zero attached hydrogens (tertiary/aromatic N) is 2. The van der Waals surface area contributed by atoms with Gasteiger partial charge in [0.15, 0.2) is 0 Å². The quantitative estimate of drug-likeness (QED) is 0.864. The van der Waals surface area contributed by atoms with Crippen molar-refractivity contribution in [1.29, 1.82) is 0 Å². The standard InChI is InChI=1S/C11H15N3S/c1-3-14-7-6-13-11(14)10(12)9-5-4-8(2)15-9/h4-7,10H,3,12H2,1-2H3. The molecule has 3 nitrogen and oxygen atoms in total. The SMILES string of the molecule is CCn1ccnc1C(N)c1ccc(C)s1. The second-order valence-electron chi connectivity index (χ2n) is 3.50. The lowest BCUT2D eigenvalue weighted by molar-refractivity contribution is 0.661. The highest BCUT2D eigenvalue weighted by atomic mass is 32.1. The Morgan fingerprint density at radius 3 is 2.93 bits per heavy atom. The van der Waals surface area contributed by atoms with Crippen molar-refractivity contribution in [1.82, 2.24) is 9.55 Å². The largest absolute Gasteiger partial charge is 0.334 e. The molecule has 0 aliphatic carbocycles. The van der Waals surface area contributed by atoms with Crippen LogP contribution in [0.25, 0.3) is 0 Å². The van der Waals surface area contributed by atoms with Crippen LogP contribution in [-0.4, -0.2) is 9.55 Å². The minimum atomic E-state index is -0.0985. The third-order valence-electron chi connectivity index (χ3n) is 2.43. The Bertz CT molecular complexity index is 444. The molecule has 2 rings (SSSR count). The molecule has 2 aromatic rings. The van der Waals surface area contributed by atoms with Gasteiger partial charge in [-0.1, -0.05) is 0 Å². The summed E-state index contributed by atoms with van der Waals surface area (Å²) in [6.07, 6.45) is 3.77. The van der Waals surface area contributed by atoms with Crippen LogP contribution in [0.2, 0.25) is 0 Å². The lowest BCUT2D eigenvalue weighted by Crippen LogP contribution is -2.16. The van der Waals surface area contributed by atoms with Gasteiger partial charge in [-0.05, 0) is 26.0 Å². The second-order valence-corrected chi connectivity index (χ2v) is 4.82. The number of hydrogen-bond acceptors (Lipinski definition) is 3. The van der Waals surface area contributed by atoms with Gasteiger partial charge in [0.2, 0.25) is 0 Å². The first kappa shape index (κ1) is 10.4. The summed E-state index contributed by atoms with van der Waals surface area (Å²) in [5.41, 5.74) is 6.18. The van der Waals surface area contributed by atoms with Gasteiger partial charge in [0, 0.05) is 28.7 Å². The Morgan fingerprint density at radius 1 is 1.53 bits per heavy atom. The molecule has 80 valence electrons. The Balaban J connectivity index is 2.31. The molecule has 1 unspecified atom stereocenters. The van der Waals surface area contributed by atoms with Crippen molar-refractivity contribution in [3.8, 4) is 0 Å². The van der Waals surface area contributed by atoms with Gasteiger partial charge in [-0.2, -0.15) is 0 Å². The van der Waals surface area contributed by atoms with Crippen molar-refractivity contribution >= 4 is 11.3 Å². The van der Waals surface area contributed by atoms with E-state index in [4.69, 9.17) is 5.73 Å². The molecule has 0 aliphatic rings. The lowest BCUT2D eigenvalue weighted by atomic mass is 10.2. The molecule has 0 bridgehead atoms. The van der Waals surface area contributed by atoms with Gasteiger partial charge in [-0.25, -0.2) is 4.98 Å². The van der Waals surface area contributed by atoms with E-state index in [1.165, 1.54) is 9.75 Å². The van der Waals surface area contributed by atoms with E-state index in [0.29, 0.717) is 0 Å². The Morgan fingerprint density at radius 2 is 2.33 bits per heavy atom. The van der Waals surface area contributed by atoms with Crippen LogP contribution in [0.1, 0.15) is 28.5 Å². The van der Waals surface area contributed by atoms with Crippen LogP contribution >= 0.6 is 11.3 Å². The molecule has 0 aliphatic heterocycles. The van der Waals surface area contributed by atoms with Crippen molar-refractivity contribution in [2.75, 3.05) is 0 Å². The first-order chi connectivity index (χ1) is 7.22. The number of aryl methyl sites for hydroxylation is 2. The van der Waals surface area contributed by atoms with E-state index in [1.807, 2.05) is 6.20 Å². The van der Waals surface area contributed by atoms with Crippen LogP contribution in [0.15, 0.2) is 24.5 Å². The summed E-state index contributed by atoms with van der Waals surface area (Å²) in [4.78, 5) is 6.78. The van der Waals surface area contributed by atoms with E-state index in [2.05, 4.69) is 35.5 Å². The number of aromatic nitrogens is 2. The van der Waals surface area contributed by atoms with E-state index >= 15 is 0 Å². The van der Waals surface area contributed by atoms with E-state index in [9.17, 15) is 0 Å². The van der Waals surface area contributed by atoms with Crippen molar-refractivity contribution in [2.24, 2.45) is 5.73 Å². The second kappa shape index (κ2) is 4.16.